The smallest absolute Gasteiger partial charge is 0.353 e. The van der Waals surface area contributed by atoms with Crippen LogP contribution in [0.3, 0.4) is 0 Å². The third kappa shape index (κ3) is 4.26. The first-order valence-corrected chi connectivity index (χ1v) is 6.88. The van der Waals surface area contributed by atoms with Crippen LogP contribution in [-0.2, 0) is 4.79 Å². The summed E-state index contributed by atoms with van der Waals surface area (Å²) < 4.78 is 0. The van der Waals surface area contributed by atoms with Crippen LogP contribution in [0.4, 0.5) is 17.3 Å². The fraction of sp³-hybridized carbons (Fsp3) is 0.583. The van der Waals surface area contributed by atoms with E-state index in [0.29, 0.717) is 6.54 Å². The van der Waals surface area contributed by atoms with Crippen LogP contribution in [-0.4, -0.2) is 39.9 Å². The van der Waals surface area contributed by atoms with Crippen LogP contribution in [0.15, 0.2) is 6.33 Å². The average Bonchev–Trinajstić information content (AvgIpc) is 3.26. The van der Waals surface area contributed by atoms with Crippen molar-refractivity contribution in [3.05, 3.63) is 16.4 Å². The SMILES string of the molecule is CCCNc1ncnc(NCC(=O)NC2CC2)c1[N+](=O)[O-]. The maximum atomic E-state index is 11.6. The van der Waals surface area contributed by atoms with Crippen molar-refractivity contribution >= 4 is 23.2 Å². The Morgan fingerprint density at radius 1 is 1.38 bits per heavy atom. The minimum Gasteiger partial charge on any atom is -0.364 e. The van der Waals surface area contributed by atoms with E-state index in [1.165, 1.54) is 6.33 Å². The number of nitrogens with zero attached hydrogens (tertiary/aromatic N) is 3. The average molecular weight is 294 g/mol. The molecule has 0 aliphatic heterocycles. The Kier molecular flexibility index (Phi) is 4.85. The van der Waals surface area contributed by atoms with Gasteiger partial charge in [-0.05, 0) is 19.3 Å². The number of anilines is 2. The zero-order chi connectivity index (χ0) is 15.2. The van der Waals surface area contributed by atoms with Gasteiger partial charge in [-0.3, -0.25) is 14.9 Å². The van der Waals surface area contributed by atoms with Gasteiger partial charge in [0.15, 0.2) is 0 Å². The number of nitrogens with one attached hydrogen (secondary N) is 3. The lowest BCUT2D eigenvalue weighted by Gasteiger charge is -2.09. The van der Waals surface area contributed by atoms with Crippen molar-refractivity contribution in [2.45, 2.75) is 32.2 Å². The number of amides is 1. The highest BCUT2D eigenvalue weighted by Crippen LogP contribution is 2.28. The van der Waals surface area contributed by atoms with Crippen LogP contribution in [0.2, 0.25) is 0 Å². The third-order valence-corrected chi connectivity index (χ3v) is 2.91. The molecule has 1 saturated carbocycles. The number of hydrogen-bond donors (Lipinski definition) is 3. The quantitative estimate of drug-likeness (QED) is 0.481. The van der Waals surface area contributed by atoms with Gasteiger partial charge in [-0.15, -0.1) is 0 Å². The number of carbonyl (C=O) groups excluding carboxylic acids is 1. The molecule has 1 aromatic rings. The molecule has 0 radical (unpaired) electrons. The number of carbonyl (C=O) groups is 1. The summed E-state index contributed by atoms with van der Waals surface area (Å²) in [7, 11) is 0. The van der Waals surface area contributed by atoms with Crippen LogP contribution >= 0.6 is 0 Å². The van der Waals surface area contributed by atoms with Gasteiger partial charge in [0.2, 0.25) is 17.5 Å². The first-order valence-electron chi connectivity index (χ1n) is 6.88. The lowest BCUT2D eigenvalue weighted by molar-refractivity contribution is -0.383. The number of rotatable bonds is 8. The van der Waals surface area contributed by atoms with Gasteiger partial charge >= 0.3 is 5.69 Å². The fourth-order valence-electron chi connectivity index (χ4n) is 1.72. The van der Waals surface area contributed by atoms with E-state index >= 15 is 0 Å². The fourth-order valence-corrected chi connectivity index (χ4v) is 1.72. The number of hydrogen-bond acceptors (Lipinski definition) is 7. The molecule has 9 heteroatoms. The maximum Gasteiger partial charge on any atom is 0.353 e. The van der Waals surface area contributed by atoms with E-state index in [0.717, 1.165) is 19.3 Å². The van der Waals surface area contributed by atoms with E-state index in [1.54, 1.807) is 0 Å². The van der Waals surface area contributed by atoms with Gasteiger partial charge in [0, 0.05) is 12.6 Å². The Hall–Kier alpha value is -2.45. The summed E-state index contributed by atoms with van der Waals surface area (Å²) in [5.74, 6) is -0.00465. The monoisotopic (exact) mass is 294 g/mol. The Balaban J connectivity index is 2.05. The molecule has 9 nitrogen and oxygen atoms in total. The highest BCUT2D eigenvalue weighted by molar-refractivity contribution is 5.82. The Labute approximate surface area is 121 Å². The molecule has 3 N–H and O–H groups in total. The van der Waals surface area contributed by atoms with Crippen molar-refractivity contribution in [1.29, 1.82) is 0 Å². The van der Waals surface area contributed by atoms with E-state index < -0.39 is 4.92 Å². The predicted molar refractivity (Wildman–Crippen MR) is 77.1 cm³/mol. The third-order valence-electron chi connectivity index (χ3n) is 2.91. The van der Waals surface area contributed by atoms with E-state index in [-0.39, 0.29) is 35.8 Å². The molecule has 1 aliphatic rings. The Morgan fingerprint density at radius 3 is 2.62 bits per heavy atom. The second-order valence-electron chi connectivity index (χ2n) is 4.80. The highest BCUT2D eigenvalue weighted by Gasteiger charge is 2.25. The van der Waals surface area contributed by atoms with Gasteiger partial charge in [0.1, 0.15) is 6.33 Å². The molecule has 1 fully saturated rings. The molecule has 0 atom stereocenters. The van der Waals surface area contributed by atoms with Crippen LogP contribution in [0, 0.1) is 10.1 Å². The summed E-state index contributed by atoms with van der Waals surface area (Å²) in [6.45, 7) is 2.46. The molecule has 0 aromatic carbocycles. The molecule has 2 rings (SSSR count). The van der Waals surface area contributed by atoms with Gasteiger partial charge in [-0.2, -0.15) is 0 Å². The van der Waals surface area contributed by atoms with Crippen molar-refractivity contribution in [2.24, 2.45) is 0 Å². The molecule has 21 heavy (non-hydrogen) atoms. The molecular formula is C12H18N6O3. The molecule has 1 aliphatic carbocycles. The highest BCUT2D eigenvalue weighted by atomic mass is 16.6. The molecular weight excluding hydrogens is 276 g/mol. The molecule has 0 bridgehead atoms. The zero-order valence-corrected chi connectivity index (χ0v) is 11.8. The summed E-state index contributed by atoms with van der Waals surface area (Å²) in [4.78, 5) is 30.0. The first kappa shape index (κ1) is 14.9. The second-order valence-corrected chi connectivity index (χ2v) is 4.80. The lowest BCUT2D eigenvalue weighted by atomic mass is 10.4. The molecule has 1 heterocycles. The topological polar surface area (TPSA) is 122 Å². The van der Waals surface area contributed by atoms with Crippen LogP contribution in [0.1, 0.15) is 26.2 Å². The number of nitro groups is 1. The van der Waals surface area contributed by atoms with Crippen molar-refractivity contribution in [2.75, 3.05) is 23.7 Å². The Morgan fingerprint density at radius 2 is 2.05 bits per heavy atom. The largest absolute Gasteiger partial charge is 0.364 e. The van der Waals surface area contributed by atoms with Gasteiger partial charge in [0.05, 0.1) is 11.5 Å². The number of aromatic nitrogens is 2. The minimum atomic E-state index is -0.556. The lowest BCUT2D eigenvalue weighted by Crippen LogP contribution is -2.31. The van der Waals surface area contributed by atoms with Crippen molar-refractivity contribution in [3.63, 3.8) is 0 Å². The molecule has 0 spiro atoms. The summed E-state index contributed by atoms with van der Waals surface area (Å²) >= 11 is 0. The maximum absolute atomic E-state index is 11.6. The van der Waals surface area contributed by atoms with Crippen LogP contribution < -0.4 is 16.0 Å². The van der Waals surface area contributed by atoms with E-state index in [2.05, 4.69) is 25.9 Å². The first-order chi connectivity index (χ1) is 10.1. The Bertz CT molecular complexity index is 532. The molecule has 1 amide bonds. The van der Waals surface area contributed by atoms with Gasteiger partial charge < -0.3 is 16.0 Å². The zero-order valence-electron chi connectivity index (χ0n) is 11.8. The molecule has 1 aromatic heterocycles. The summed E-state index contributed by atoms with van der Waals surface area (Å²) in [6.07, 6.45) is 4.02. The van der Waals surface area contributed by atoms with E-state index in [4.69, 9.17) is 0 Å². The summed E-state index contributed by atoms with van der Waals surface area (Å²) in [6, 6.07) is 0.251. The van der Waals surface area contributed by atoms with Crippen molar-refractivity contribution in [3.8, 4) is 0 Å². The predicted octanol–water partition coefficient (Wildman–Crippen LogP) is 0.897. The minimum absolute atomic E-state index is 0.0413. The van der Waals surface area contributed by atoms with Crippen molar-refractivity contribution in [1.82, 2.24) is 15.3 Å². The standard InChI is InChI=1S/C12H18N6O3/c1-2-5-13-11-10(18(20)21)12(16-7-15-11)14-6-9(19)17-8-3-4-8/h7-8H,2-6H2,1H3,(H,17,19)(H2,13,14,15,16). The summed E-state index contributed by atoms with van der Waals surface area (Å²) in [5.41, 5.74) is -0.245. The van der Waals surface area contributed by atoms with Crippen LogP contribution in [0.5, 0.6) is 0 Å². The van der Waals surface area contributed by atoms with Gasteiger partial charge in [-0.25, -0.2) is 9.97 Å². The molecule has 114 valence electrons. The molecule has 0 saturated heterocycles. The van der Waals surface area contributed by atoms with Gasteiger partial charge in [-0.1, -0.05) is 6.92 Å². The van der Waals surface area contributed by atoms with Crippen molar-refractivity contribution < 1.29 is 9.72 Å². The van der Waals surface area contributed by atoms with Gasteiger partial charge in [0.25, 0.3) is 0 Å². The van der Waals surface area contributed by atoms with Crippen LogP contribution in [0.25, 0.3) is 0 Å². The second kappa shape index (κ2) is 6.82. The molecule has 0 unspecified atom stereocenters. The summed E-state index contributed by atoms with van der Waals surface area (Å²) in [5, 5.41) is 19.6. The van der Waals surface area contributed by atoms with E-state index in [9.17, 15) is 14.9 Å². The normalized spacial score (nSPS) is 13.6. The van der Waals surface area contributed by atoms with E-state index in [1.807, 2.05) is 6.92 Å².